The van der Waals surface area contributed by atoms with Crippen LogP contribution in [0.1, 0.15) is 18.1 Å². The lowest BCUT2D eigenvalue weighted by Crippen LogP contribution is -2.53. The van der Waals surface area contributed by atoms with Crippen LogP contribution in [0, 0.1) is 5.82 Å². The highest BCUT2D eigenvalue weighted by molar-refractivity contribution is 6.31. The average Bonchev–Trinajstić information content (AvgIpc) is 2.68. The Morgan fingerprint density at radius 3 is 2.63 bits per heavy atom. The third-order valence-electron chi connectivity index (χ3n) is 4.99. The van der Waals surface area contributed by atoms with Crippen LogP contribution in [0.25, 0.3) is 6.08 Å². The number of hydrogen-bond donors (Lipinski definition) is 2. The van der Waals surface area contributed by atoms with E-state index in [4.69, 9.17) is 17.3 Å². The van der Waals surface area contributed by atoms with Crippen molar-refractivity contribution in [2.45, 2.75) is 19.5 Å². The van der Waals surface area contributed by atoms with Gasteiger partial charge in [-0.05, 0) is 48.4 Å². The van der Waals surface area contributed by atoms with Gasteiger partial charge in [0.15, 0.2) is 0 Å². The standard InChI is InChI=1S/C22H24ClFN4O2/c1-15-13-27(14-16-2-7-19(24)8-3-16)10-11-28(15)21(29)9-5-17-4-6-18(23)12-20(17)26-22(25)30/h2-9,12,15H,10-11,13-14H2,1H3,(H3,25,26,30)/t15-/m1/s1. The van der Waals surface area contributed by atoms with Crippen LogP contribution in [0.2, 0.25) is 5.02 Å². The van der Waals surface area contributed by atoms with Crippen molar-refractivity contribution in [3.8, 4) is 0 Å². The summed E-state index contributed by atoms with van der Waals surface area (Å²) in [4.78, 5) is 28.0. The van der Waals surface area contributed by atoms with E-state index in [1.807, 2.05) is 11.8 Å². The summed E-state index contributed by atoms with van der Waals surface area (Å²) in [6.07, 6.45) is 3.13. The molecule has 3 N–H and O–H groups in total. The van der Waals surface area contributed by atoms with Gasteiger partial charge < -0.3 is 16.0 Å². The van der Waals surface area contributed by atoms with Gasteiger partial charge in [0.2, 0.25) is 5.91 Å². The highest BCUT2D eigenvalue weighted by atomic mass is 35.5. The Kier molecular flexibility index (Phi) is 7.07. The summed E-state index contributed by atoms with van der Waals surface area (Å²) in [5, 5.41) is 2.96. The molecule has 0 spiro atoms. The smallest absolute Gasteiger partial charge is 0.316 e. The molecule has 2 aromatic carbocycles. The third-order valence-corrected chi connectivity index (χ3v) is 5.23. The van der Waals surface area contributed by atoms with E-state index >= 15 is 0 Å². The van der Waals surface area contributed by atoms with Crippen molar-refractivity contribution in [2.75, 3.05) is 25.0 Å². The summed E-state index contributed by atoms with van der Waals surface area (Å²) in [5.41, 5.74) is 7.31. The van der Waals surface area contributed by atoms with E-state index in [1.165, 1.54) is 18.2 Å². The first-order valence-corrected chi connectivity index (χ1v) is 10.0. The summed E-state index contributed by atoms with van der Waals surface area (Å²) in [7, 11) is 0. The molecule has 1 fully saturated rings. The first-order valence-electron chi connectivity index (χ1n) is 9.63. The van der Waals surface area contributed by atoms with E-state index in [0.29, 0.717) is 22.8 Å². The van der Waals surface area contributed by atoms with Crippen molar-refractivity contribution in [1.82, 2.24) is 9.80 Å². The molecule has 1 saturated heterocycles. The molecule has 0 saturated carbocycles. The molecular weight excluding hydrogens is 407 g/mol. The molecule has 3 rings (SSSR count). The van der Waals surface area contributed by atoms with Crippen molar-refractivity contribution < 1.29 is 14.0 Å². The Hall–Kier alpha value is -2.90. The Morgan fingerprint density at radius 2 is 1.97 bits per heavy atom. The van der Waals surface area contributed by atoms with Crippen molar-refractivity contribution in [3.05, 3.63) is 70.5 Å². The molecule has 6 nitrogen and oxygen atoms in total. The number of nitrogens with one attached hydrogen (secondary N) is 1. The van der Waals surface area contributed by atoms with Gasteiger partial charge in [0.05, 0.1) is 5.69 Å². The lowest BCUT2D eigenvalue weighted by atomic mass is 10.1. The lowest BCUT2D eigenvalue weighted by Gasteiger charge is -2.39. The number of piperazine rings is 1. The second kappa shape index (κ2) is 9.73. The minimum atomic E-state index is -0.704. The molecule has 30 heavy (non-hydrogen) atoms. The number of urea groups is 1. The van der Waals surface area contributed by atoms with Crippen molar-refractivity contribution >= 4 is 35.3 Å². The number of primary amides is 1. The third kappa shape index (κ3) is 5.81. The molecule has 0 radical (unpaired) electrons. The number of nitrogens with zero attached hydrogens (tertiary/aromatic N) is 2. The molecule has 1 aliphatic rings. The molecule has 2 aromatic rings. The molecule has 0 aliphatic carbocycles. The molecule has 8 heteroatoms. The molecular formula is C22H24ClFN4O2. The fraction of sp³-hybridized carbons (Fsp3) is 0.273. The number of carbonyl (C=O) groups excluding carboxylic acids is 2. The number of carbonyl (C=O) groups is 2. The molecule has 158 valence electrons. The highest BCUT2D eigenvalue weighted by Crippen LogP contribution is 2.23. The summed E-state index contributed by atoms with van der Waals surface area (Å²) < 4.78 is 13.1. The predicted octanol–water partition coefficient (Wildman–Crippen LogP) is 3.72. The SMILES string of the molecule is C[C@@H]1CN(Cc2ccc(F)cc2)CCN1C(=O)C=Cc1ccc(Cl)cc1NC(N)=O. The topological polar surface area (TPSA) is 78.7 Å². The zero-order chi connectivity index (χ0) is 21.7. The first-order chi connectivity index (χ1) is 14.3. The maximum Gasteiger partial charge on any atom is 0.316 e. The maximum atomic E-state index is 13.1. The Bertz CT molecular complexity index is 949. The van der Waals surface area contributed by atoms with Crippen LogP contribution in [0.3, 0.4) is 0 Å². The van der Waals surface area contributed by atoms with E-state index in [-0.39, 0.29) is 17.8 Å². The number of halogens is 2. The van der Waals surface area contributed by atoms with Gasteiger partial charge in [-0.25, -0.2) is 9.18 Å². The molecule has 1 atom stereocenters. The lowest BCUT2D eigenvalue weighted by molar-refractivity contribution is -0.130. The van der Waals surface area contributed by atoms with E-state index in [1.54, 1.807) is 36.4 Å². The van der Waals surface area contributed by atoms with Gasteiger partial charge in [-0.15, -0.1) is 0 Å². The van der Waals surface area contributed by atoms with E-state index in [2.05, 4.69) is 10.2 Å². The minimum Gasteiger partial charge on any atom is -0.351 e. The Labute approximate surface area is 180 Å². The van der Waals surface area contributed by atoms with Gasteiger partial charge in [0.1, 0.15) is 5.82 Å². The summed E-state index contributed by atoms with van der Waals surface area (Å²) >= 11 is 5.97. The monoisotopic (exact) mass is 430 g/mol. The van der Waals surface area contributed by atoms with E-state index in [0.717, 1.165) is 25.2 Å². The Morgan fingerprint density at radius 1 is 1.23 bits per heavy atom. The van der Waals surface area contributed by atoms with E-state index < -0.39 is 6.03 Å². The van der Waals surface area contributed by atoms with Crippen LogP contribution in [0.15, 0.2) is 48.5 Å². The fourth-order valence-electron chi connectivity index (χ4n) is 3.52. The van der Waals surface area contributed by atoms with Crippen molar-refractivity contribution in [1.29, 1.82) is 0 Å². The Balaban J connectivity index is 1.61. The molecule has 3 amide bonds. The summed E-state index contributed by atoms with van der Waals surface area (Å²) in [6, 6.07) is 10.8. The van der Waals surface area contributed by atoms with Crippen LogP contribution in [0.4, 0.5) is 14.9 Å². The van der Waals surface area contributed by atoms with Gasteiger partial charge >= 0.3 is 6.03 Å². The quantitative estimate of drug-likeness (QED) is 0.709. The van der Waals surface area contributed by atoms with Gasteiger partial charge in [0.25, 0.3) is 0 Å². The zero-order valence-corrected chi connectivity index (χ0v) is 17.4. The van der Waals surface area contributed by atoms with Gasteiger partial charge in [-0.2, -0.15) is 0 Å². The molecule has 0 bridgehead atoms. The maximum absolute atomic E-state index is 13.1. The van der Waals surface area contributed by atoms with Crippen LogP contribution in [0.5, 0.6) is 0 Å². The first kappa shape index (κ1) is 21.8. The average molecular weight is 431 g/mol. The number of rotatable bonds is 5. The largest absolute Gasteiger partial charge is 0.351 e. The van der Waals surface area contributed by atoms with Gasteiger partial charge in [0, 0.05) is 43.3 Å². The van der Waals surface area contributed by atoms with Crippen molar-refractivity contribution in [2.24, 2.45) is 5.73 Å². The second-order valence-electron chi connectivity index (χ2n) is 7.30. The molecule has 0 unspecified atom stereocenters. The molecule has 1 heterocycles. The van der Waals surface area contributed by atoms with Crippen molar-refractivity contribution in [3.63, 3.8) is 0 Å². The summed E-state index contributed by atoms with van der Waals surface area (Å²) in [5.74, 6) is -0.354. The van der Waals surface area contributed by atoms with Crippen LogP contribution in [-0.4, -0.2) is 47.4 Å². The zero-order valence-electron chi connectivity index (χ0n) is 16.6. The fourth-order valence-corrected chi connectivity index (χ4v) is 3.70. The van der Waals surface area contributed by atoms with Gasteiger partial charge in [-0.1, -0.05) is 29.8 Å². The molecule has 1 aliphatic heterocycles. The number of hydrogen-bond acceptors (Lipinski definition) is 3. The predicted molar refractivity (Wildman–Crippen MR) is 117 cm³/mol. The number of anilines is 1. The highest BCUT2D eigenvalue weighted by Gasteiger charge is 2.26. The van der Waals surface area contributed by atoms with Gasteiger partial charge in [-0.3, -0.25) is 9.69 Å². The number of nitrogens with two attached hydrogens (primary N) is 1. The molecule has 0 aromatic heterocycles. The van der Waals surface area contributed by atoms with E-state index in [9.17, 15) is 14.0 Å². The number of benzene rings is 2. The van der Waals surface area contributed by atoms with Crippen LogP contribution >= 0.6 is 11.6 Å². The van der Waals surface area contributed by atoms with Crippen LogP contribution in [-0.2, 0) is 11.3 Å². The second-order valence-corrected chi connectivity index (χ2v) is 7.73. The van der Waals surface area contributed by atoms with Crippen LogP contribution < -0.4 is 11.1 Å². The minimum absolute atomic E-state index is 0.0322. The normalized spacial score (nSPS) is 17.3. The number of amides is 3. The summed E-state index contributed by atoms with van der Waals surface area (Å²) in [6.45, 7) is 4.78.